The summed E-state index contributed by atoms with van der Waals surface area (Å²) in [6, 6.07) is 17.7. The Morgan fingerprint density at radius 1 is 0.712 bits per heavy atom. The Morgan fingerprint density at radius 3 is 1.73 bits per heavy atom. The van der Waals surface area contributed by atoms with Crippen molar-refractivity contribution in [1.82, 2.24) is 0 Å². The molecule has 0 aliphatic heterocycles. The Labute approximate surface area is 387 Å². The Hall–Kier alpha value is -1.73. The zero-order valence-electron chi connectivity index (χ0n) is 37.3. The molecule has 312 valence electrons. The number of hydrogen-bond donors (Lipinski definition) is 0. The molecule has 2 aromatic carbocycles. The summed E-state index contributed by atoms with van der Waals surface area (Å²) in [6.07, 6.45) is 35.4. The maximum atomic E-state index is 7.05. The molecule has 59 heavy (non-hydrogen) atoms. The average molecular weight is 946 g/mol. The summed E-state index contributed by atoms with van der Waals surface area (Å²) >= 11 is 10.8. The van der Waals surface area contributed by atoms with E-state index in [4.69, 9.17) is 23.2 Å². The van der Waals surface area contributed by atoms with Gasteiger partial charge in [0.1, 0.15) is 0 Å². The van der Waals surface area contributed by atoms with Crippen molar-refractivity contribution in [1.29, 1.82) is 0 Å². The summed E-state index contributed by atoms with van der Waals surface area (Å²) in [5.41, 5.74) is 4.39. The van der Waals surface area contributed by atoms with Crippen LogP contribution < -0.4 is 24.8 Å². The molecule has 0 nitrogen and oxygen atoms in total. The Morgan fingerprint density at radius 2 is 1.22 bits per heavy atom. The first-order valence-corrected chi connectivity index (χ1v) is 26.1. The zero-order valence-corrected chi connectivity index (χ0v) is 42.8. The van der Waals surface area contributed by atoms with Crippen LogP contribution in [0.3, 0.4) is 0 Å². The monoisotopic (exact) mass is 942 g/mol. The van der Waals surface area contributed by atoms with E-state index in [-0.39, 0.29) is 68.1 Å². The minimum Gasteiger partial charge on any atom is -1.00 e. The van der Waals surface area contributed by atoms with Crippen molar-refractivity contribution in [3.63, 3.8) is 0 Å². The van der Waals surface area contributed by atoms with Crippen LogP contribution in [-0.4, -0.2) is 3.21 Å². The fourth-order valence-electron chi connectivity index (χ4n) is 14.4. The van der Waals surface area contributed by atoms with E-state index in [9.17, 15) is 0 Å². The molecule has 0 heterocycles. The molecule has 6 aliphatic rings. The molecule has 0 N–H and O–H groups in total. The van der Waals surface area contributed by atoms with E-state index in [1.165, 1.54) is 25.5 Å². The molecule has 8 rings (SSSR count). The van der Waals surface area contributed by atoms with E-state index in [0.29, 0.717) is 15.5 Å². The molecule has 0 radical (unpaired) electrons. The van der Waals surface area contributed by atoms with Crippen molar-refractivity contribution in [2.45, 2.75) is 99.6 Å². The minimum atomic E-state index is -3.32. The van der Waals surface area contributed by atoms with Gasteiger partial charge >= 0.3 is 366 Å². The van der Waals surface area contributed by atoms with Crippen LogP contribution in [0.5, 0.6) is 0 Å². The fraction of sp³-hybridized carbons (Fsp3) is 0.463. The van der Waals surface area contributed by atoms with Crippen molar-refractivity contribution in [3.05, 3.63) is 163 Å². The van der Waals surface area contributed by atoms with Crippen molar-refractivity contribution in [2.24, 2.45) is 55.2 Å². The van der Waals surface area contributed by atoms with Crippen molar-refractivity contribution >= 4 is 26.4 Å². The first kappa shape index (κ1) is 46.8. The SMILES string of the molecule is CCCC1C=C(C(C)(C)C)C=[C]1[Zr+2](=[C](c1cccc(Cl)c1)c1cccc(Cl)c1)[CH]1C2C=CC=C(C)C2(C)C2(C)C3(C)C=CC=CC3(C)C3(C)C=CC=CC3(C)C12C.[Cl-].[Cl-]. The van der Waals surface area contributed by atoms with Gasteiger partial charge in [0.15, 0.2) is 0 Å². The van der Waals surface area contributed by atoms with Gasteiger partial charge in [-0.3, -0.25) is 0 Å². The molecule has 0 aromatic heterocycles. The Kier molecular flexibility index (Phi) is 12.3. The zero-order chi connectivity index (χ0) is 41.2. The van der Waals surface area contributed by atoms with Gasteiger partial charge in [0.25, 0.3) is 0 Å². The van der Waals surface area contributed by atoms with Gasteiger partial charge in [-0.1, -0.05) is 0 Å². The molecule has 0 saturated heterocycles. The van der Waals surface area contributed by atoms with Crippen molar-refractivity contribution < 1.29 is 46.1 Å². The fourth-order valence-corrected chi connectivity index (χ4v) is 26.6. The van der Waals surface area contributed by atoms with E-state index in [0.717, 1.165) is 22.9 Å². The molecular weight excluding hydrogens is 882 g/mol. The summed E-state index contributed by atoms with van der Waals surface area (Å²) in [7, 11) is 0. The molecule has 2 saturated carbocycles. The second-order valence-electron chi connectivity index (χ2n) is 20.7. The maximum Gasteiger partial charge on any atom is -1.00 e. The van der Waals surface area contributed by atoms with Crippen LogP contribution in [0.4, 0.5) is 0 Å². The quantitative estimate of drug-likeness (QED) is 0.271. The summed E-state index contributed by atoms with van der Waals surface area (Å²) in [4.78, 5) is 0. The van der Waals surface area contributed by atoms with E-state index >= 15 is 0 Å². The number of benzene rings is 2. The van der Waals surface area contributed by atoms with Gasteiger partial charge in [-0.2, -0.15) is 0 Å². The number of halogens is 4. The molecule has 2 fully saturated rings. The van der Waals surface area contributed by atoms with Gasteiger partial charge in [-0.05, 0) is 0 Å². The average Bonchev–Trinajstić information content (AvgIpc) is 3.65. The van der Waals surface area contributed by atoms with Gasteiger partial charge < -0.3 is 24.8 Å². The van der Waals surface area contributed by atoms with Crippen LogP contribution in [0, 0.1) is 55.2 Å². The van der Waals surface area contributed by atoms with Gasteiger partial charge in [0.05, 0.1) is 0 Å². The molecule has 2 aromatic rings. The van der Waals surface area contributed by atoms with Gasteiger partial charge in [0.2, 0.25) is 0 Å². The third kappa shape index (κ3) is 5.85. The summed E-state index contributed by atoms with van der Waals surface area (Å²) in [6.45, 7) is 30.9. The van der Waals surface area contributed by atoms with Gasteiger partial charge in [-0.25, -0.2) is 0 Å². The van der Waals surface area contributed by atoms with E-state index in [1.54, 1.807) is 3.28 Å². The minimum absolute atomic E-state index is 0. The van der Waals surface area contributed by atoms with Crippen LogP contribution >= 0.6 is 23.2 Å². The predicted molar refractivity (Wildman–Crippen MR) is 244 cm³/mol. The van der Waals surface area contributed by atoms with Crippen LogP contribution in [0.25, 0.3) is 0 Å². The normalized spacial score (nSPS) is 38.3. The largest absolute Gasteiger partial charge is 1.00 e. The van der Waals surface area contributed by atoms with Crippen LogP contribution in [0.1, 0.15) is 107 Å². The standard InChI is InChI=1S/C29H37.C13H8Cl2.C12H19.2ClH.Zr/c1-21-14-13-15-22-20-27(6)25(4)18-10-9-16-23(25,2)24(3)17-11-12-19-26(24,5)29(27,8)28(21,22)7;14-12-5-1-3-10(8-12)7-11-4-2-6-13(15)9-11;1-5-6-10-7-8-11(9-10)12(2,3)4;;;/h9-20,22H,1-8H3;1-6,8-9H;8-10H,5-6H2,1-4H3;2*1H;/q;;;;;+2/p-2. The first-order valence-electron chi connectivity index (χ1n) is 21.5. The molecule has 10 unspecified atom stereocenters. The maximum absolute atomic E-state index is 7.05. The second-order valence-corrected chi connectivity index (χ2v) is 27.8. The van der Waals surface area contributed by atoms with E-state index in [2.05, 4.69) is 198 Å². The number of rotatable bonds is 6. The van der Waals surface area contributed by atoms with E-state index in [1.807, 2.05) is 12.1 Å². The predicted octanol–water partition coefficient (Wildman–Crippen LogP) is 9.72. The molecule has 6 aliphatic carbocycles. The molecule has 0 amide bonds. The van der Waals surface area contributed by atoms with Gasteiger partial charge in [-0.15, -0.1) is 0 Å². The Bertz CT molecular complexity index is 2280. The molecular formula is C54H64Cl4Zr. The van der Waals surface area contributed by atoms with Gasteiger partial charge in [0, 0.05) is 0 Å². The van der Waals surface area contributed by atoms with Crippen LogP contribution in [-0.2, 0) is 21.3 Å². The second kappa shape index (κ2) is 15.5. The smallest absolute Gasteiger partial charge is 1.00 e. The summed E-state index contributed by atoms with van der Waals surface area (Å²) in [5.74, 6) is 0.724. The molecule has 0 spiro atoms. The third-order valence-corrected chi connectivity index (χ3v) is 28.0. The molecule has 5 heteroatoms. The summed E-state index contributed by atoms with van der Waals surface area (Å²) < 4.78 is 3.66. The number of hydrogen-bond acceptors (Lipinski definition) is 0. The third-order valence-electron chi connectivity index (χ3n) is 18.2. The van der Waals surface area contributed by atoms with E-state index < -0.39 is 21.3 Å². The molecule has 10 atom stereocenters. The summed E-state index contributed by atoms with van der Waals surface area (Å²) in [5, 5.41) is 1.58. The topological polar surface area (TPSA) is 0 Å². The first-order chi connectivity index (χ1) is 26.7. The van der Waals surface area contributed by atoms with Crippen molar-refractivity contribution in [3.8, 4) is 0 Å². The Balaban J connectivity index is 0.00000293. The van der Waals surface area contributed by atoms with Crippen LogP contribution in [0.2, 0.25) is 13.7 Å². The van der Waals surface area contributed by atoms with Crippen LogP contribution in [0.15, 0.2) is 142 Å². The number of fused-ring (bicyclic) bond motifs is 8. The molecule has 0 bridgehead atoms. The number of allylic oxidation sites excluding steroid dienone is 16. The van der Waals surface area contributed by atoms with Crippen molar-refractivity contribution in [2.75, 3.05) is 0 Å².